The number of halogens is 2. The first kappa shape index (κ1) is 14.9. The standard InChI is InChI=1S/C14H15Cl2N3O/c1-8-4-10(5-9(2)12(8)20-3)6-17-11-7-18-14(16)19-13(11)15/h4-5,7,17H,6H2,1-3H3. The zero-order valence-corrected chi connectivity index (χ0v) is 13.0. The van der Waals surface area contributed by atoms with Crippen molar-refractivity contribution in [3.8, 4) is 5.75 Å². The predicted octanol–water partition coefficient (Wildman–Crippen LogP) is 4.02. The molecule has 0 unspecified atom stereocenters. The van der Waals surface area contributed by atoms with Crippen LogP contribution < -0.4 is 10.1 Å². The van der Waals surface area contributed by atoms with E-state index in [9.17, 15) is 0 Å². The maximum atomic E-state index is 5.99. The van der Waals surface area contributed by atoms with Gasteiger partial charge in [-0.3, -0.25) is 0 Å². The molecule has 0 amide bonds. The van der Waals surface area contributed by atoms with Crippen molar-refractivity contribution in [2.75, 3.05) is 12.4 Å². The van der Waals surface area contributed by atoms with E-state index in [0.29, 0.717) is 17.4 Å². The Hall–Kier alpha value is -1.52. The molecule has 0 aliphatic rings. The second-order valence-electron chi connectivity index (χ2n) is 4.46. The van der Waals surface area contributed by atoms with E-state index in [1.54, 1.807) is 13.3 Å². The van der Waals surface area contributed by atoms with E-state index in [0.717, 1.165) is 22.4 Å². The van der Waals surface area contributed by atoms with Gasteiger partial charge in [0.15, 0.2) is 5.15 Å². The first-order valence-corrected chi connectivity index (χ1v) is 6.83. The maximum Gasteiger partial charge on any atom is 0.223 e. The minimum Gasteiger partial charge on any atom is -0.496 e. The monoisotopic (exact) mass is 311 g/mol. The molecule has 20 heavy (non-hydrogen) atoms. The molecule has 6 heteroatoms. The van der Waals surface area contributed by atoms with Crippen molar-refractivity contribution in [3.05, 3.63) is 45.5 Å². The van der Waals surface area contributed by atoms with Crippen LogP contribution in [-0.2, 0) is 6.54 Å². The van der Waals surface area contributed by atoms with Gasteiger partial charge in [-0.2, -0.15) is 0 Å². The molecule has 0 bridgehead atoms. The number of hydrogen-bond acceptors (Lipinski definition) is 4. The summed E-state index contributed by atoms with van der Waals surface area (Å²) in [6.07, 6.45) is 1.57. The predicted molar refractivity (Wildman–Crippen MR) is 81.8 cm³/mol. The number of ether oxygens (including phenoxy) is 1. The Kier molecular flexibility index (Phi) is 4.68. The number of aryl methyl sites for hydroxylation is 2. The Labute approximate surface area is 128 Å². The lowest BCUT2D eigenvalue weighted by atomic mass is 10.1. The summed E-state index contributed by atoms with van der Waals surface area (Å²) in [5.41, 5.74) is 3.99. The fourth-order valence-electron chi connectivity index (χ4n) is 2.12. The van der Waals surface area contributed by atoms with E-state index in [1.807, 2.05) is 13.8 Å². The van der Waals surface area contributed by atoms with Crippen molar-refractivity contribution in [2.45, 2.75) is 20.4 Å². The van der Waals surface area contributed by atoms with E-state index in [4.69, 9.17) is 27.9 Å². The lowest BCUT2D eigenvalue weighted by molar-refractivity contribution is 0.408. The Balaban J connectivity index is 2.15. The van der Waals surface area contributed by atoms with Crippen LogP contribution in [-0.4, -0.2) is 17.1 Å². The smallest absolute Gasteiger partial charge is 0.223 e. The van der Waals surface area contributed by atoms with E-state index in [2.05, 4.69) is 27.4 Å². The van der Waals surface area contributed by atoms with Gasteiger partial charge in [-0.1, -0.05) is 23.7 Å². The number of nitrogens with one attached hydrogen (secondary N) is 1. The normalized spacial score (nSPS) is 10.4. The third-order valence-corrected chi connectivity index (χ3v) is 3.39. The molecule has 1 heterocycles. The lowest BCUT2D eigenvalue weighted by Gasteiger charge is -2.12. The molecule has 4 nitrogen and oxygen atoms in total. The number of hydrogen-bond donors (Lipinski definition) is 1. The Morgan fingerprint density at radius 1 is 1.20 bits per heavy atom. The van der Waals surface area contributed by atoms with Crippen molar-refractivity contribution < 1.29 is 4.74 Å². The number of nitrogens with zero attached hydrogens (tertiary/aromatic N) is 2. The van der Waals surface area contributed by atoms with Gasteiger partial charge in [-0.05, 0) is 42.1 Å². The molecule has 106 valence electrons. The van der Waals surface area contributed by atoms with Gasteiger partial charge in [0.05, 0.1) is 19.0 Å². The zero-order valence-electron chi connectivity index (χ0n) is 11.5. The van der Waals surface area contributed by atoms with E-state index >= 15 is 0 Å². The van der Waals surface area contributed by atoms with Crippen LogP contribution in [0.4, 0.5) is 5.69 Å². The quantitative estimate of drug-likeness (QED) is 0.684. The van der Waals surface area contributed by atoms with Crippen LogP contribution >= 0.6 is 23.2 Å². The molecule has 0 saturated heterocycles. The third-order valence-electron chi connectivity index (χ3n) is 2.92. The fourth-order valence-corrected chi connectivity index (χ4v) is 2.49. The van der Waals surface area contributed by atoms with Gasteiger partial charge in [-0.15, -0.1) is 0 Å². The molecule has 0 atom stereocenters. The van der Waals surface area contributed by atoms with Gasteiger partial charge in [-0.25, -0.2) is 9.97 Å². The molecular formula is C14H15Cl2N3O. The largest absolute Gasteiger partial charge is 0.496 e. The molecule has 0 saturated carbocycles. The second kappa shape index (κ2) is 6.29. The van der Waals surface area contributed by atoms with E-state index in [-0.39, 0.29) is 5.28 Å². The van der Waals surface area contributed by atoms with Crippen molar-refractivity contribution in [1.82, 2.24) is 9.97 Å². The van der Waals surface area contributed by atoms with Gasteiger partial charge in [0.2, 0.25) is 5.28 Å². The highest BCUT2D eigenvalue weighted by atomic mass is 35.5. The summed E-state index contributed by atoms with van der Waals surface area (Å²) in [5, 5.41) is 3.64. The number of anilines is 1. The van der Waals surface area contributed by atoms with E-state index in [1.165, 1.54) is 0 Å². The van der Waals surface area contributed by atoms with Crippen molar-refractivity contribution in [3.63, 3.8) is 0 Å². The van der Waals surface area contributed by atoms with Crippen LogP contribution in [0.2, 0.25) is 10.4 Å². The molecule has 0 fully saturated rings. The molecular weight excluding hydrogens is 297 g/mol. The van der Waals surface area contributed by atoms with Gasteiger partial charge in [0.1, 0.15) is 5.75 Å². The molecule has 1 aromatic heterocycles. The average Bonchev–Trinajstić information content (AvgIpc) is 2.37. The summed E-state index contributed by atoms with van der Waals surface area (Å²) < 4.78 is 5.35. The van der Waals surface area contributed by atoms with Crippen molar-refractivity contribution in [1.29, 1.82) is 0 Å². The van der Waals surface area contributed by atoms with Crippen LogP contribution in [0.25, 0.3) is 0 Å². The molecule has 0 radical (unpaired) electrons. The van der Waals surface area contributed by atoms with Gasteiger partial charge in [0, 0.05) is 6.54 Å². The SMILES string of the molecule is COc1c(C)cc(CNc2cnc(Cl)nc2Cl)cc1C. The van der Waals surface area contributed by atoms with Gasteiger partial charge >= 0.3 is 0 Å². The number of benzene rings is 1. The summed E-state index contributed by atoms with van der Waals surface area (Å²) in [7, 11) is 1.68. The molecule has 1 N–H and O–H groups in total. The van der Waals surface area contributed by atoms with Crippen molar-refractivity contribution >= 4 is 28.9 Å². The minimum atomic E-state index is 0.136. The summed E-state index contributed by atoms with van der Waals surface area (Å²) in [6, 6.07) is 4.15. The minimum absolute atomic E-state index is 0.136. The summed E-state index contributed by atoms with van der Waals surface area (Å²) in [4.78, 5) is 7.79. The molecule has 2 rings (SSSR count). The first-order chi connectivity index (χ1) is 9.51. The molecule has 1 aromatic carbocycles. The Morgan fingerprint density at radius 3 is 2.40 bits per heavy atom. The molecule has 0 aliphatic carbocycles. The number of aromatic nitrogens is 2. The maximum absolute atomic E-state index is 5.99. The highest BCUT2D eigenvalue weighted by molar-refractivity contribution is 6.33. The van der Waals surface area contributed by atoms with Crippen LogP contribution in [0, 0.1) is 13.8 Å². The van der Waals surface area contributed by atoms with Gasteiger partial charge in [0.25, 0.3) is 0 Å². The van der Waals surface area contributed by atoms with Crippen LogP contribution in [0.15, 0.2) is 18.3 Å². The molecule has 0 spiro atoms. The van der Waals surface area contributed by atoms with Crippen molar-refractivity contribution in [2.24, 2.45) is 0 Å². The highest BCUT2D eigenvalue weighted by Gasteiger charge is 2.07. The Bertz CT molecular complexity index is 609. The first-order valence-electron chi connectivity index (χ1n) is 6.07. The second-order valence-corrected chi connectivity index (χ2v) is 5.16. The van der Waals surface area contributed by atoms with Crippen LogP contribution in [0.3, 0.4) is 0 Å². The Morgan fingerprint density at radius 2 is 1.85 bits per heavy atom. The fraction of sp³-hybridized carbons (Fsp3) is 0.286. The van der Waals surface area contributed by atoms with Crippen LogP contribution in [0.5, 0.6) is 5.75 Å². The third kappa shape index (κ3) is 3.32. The summed E-state index contributed by atoms with van der Waals surface area (Å²) >= 11 is 11.6. The number of rotatable bonds is 4. The summed E-state index contributed by atoms with van der Waals surface area (Å²) in [6.45, 7) is 4.66. The summed E-state index contributed by atoms with van der Waals surface area (Å²) in [5.74, 6) is 0.918. The molecule has 0 aliphatic heterocycles. The zero-order chi connectivity index (χ0) is 14.7. The average molecular weight is 312 g/mol. The van der Waals surface area contributed by atoms with Gasteiger partial charge < -0.3 is 10.1 Å². The lowest BCUT2D eigenvalue weighted by Crippen LogP contribution is -2.03. The topological polar surface area (TPSA) is 47.0 Å². The molecule has 2 aromatic rings. The number of methoxy groups -OCH3 is 1. The van der Waals surface area contributed by atoms with Crippen LogP contribution in [0.1, 0.15) is 16.7 Å². The highest BCUT2D eigenvalue weighted by Crippen LogP contribution is 2.25. The van der Waals surface area contributed by atoms with E-state index < -0.39 is 0 Å².